The first-order valence-electron chi connectivity index (χ1n) is 4.54. The number of allylic oxidation sites excluding steroid dienone is 1. The van der Waals surface area contributed by atoms with Crippen LogP contribution in [0, 0.1) is 0 Å². The van der Waals surface area contributed by atoms with Crippen LogP contribution in [0.3, 0.4) is 0 Å². The van der Waals surface area contributed by atoms with Crippen molar-refractivity contribution in [2.75, 3.05) is 6.54 Å². The number of amides is 1. The van der Waals surface area contributed by atoms with E-state index in [4.69, 9.17) is 5.73 Å². The van der Waals surface area contributed by atoms with Gasteiger partial charge in [-0.2, -0.15) is 0 Å². The van der Waals surface area contributed by atoms with Crippen LogP contribution in [0.15, 0.2) is 22.3 Å². The zero-order valence-electron chi connectivity index (χ0n) is 7.18. The highest BCUT2D eigenvalue weighted by Gasteiger charge is 2.42. The summed E-state index contributed by atoms with van der Waals surface area (Å²) >= 11 is 0. The van der Waals surface area contributed by atoms with Crippen LogP contribution in [0.2, 0.25) is 0 Å². The van der Waals surface area contributed by atoms with Crippen molar-refractivity contribution in [3.8, 4) is 0 Å². The summed E-state index contributed by atoms with van der Waals surface area (Å²) in [4.78, 5) is 11.0. The fourth-order valence-corrected chi connectivity index (χ4v) is 2.38. The predicted molar refractivity (Wildman–Crippen MR) is 47.4 cm³/mol. The van der Waals surface area contributed by atoms with Crippen LogP contribution in [-0.2, 0) is 4.79 Å². The zero-order chi connectivity index (χ0) is 9.00. The van der Waals surface area contributed by atoms with E-state index in [0.717, 1.165) is 25.0 Å². The van der Waals surface area contributed by atoms with Gasteiger partial charge in [0.25, 0.3) is 0 Å². The third-order valence-corrected chi connectivity index (χ3v) is 3.02. The molecule has 1 unspecified atom stereocenters. The highest BCUT2D eigenvalue weighted by molar-refractivity contribution is 6.07. The molecular formula is C9H11N3O. The van der Waals surface area contributed by atoms with Gasteiger partial charge in [0.05, 0.1) is 5.57 Å². The molecule has 1 aliphatic heterocycles. The molecule has 3 rings (SSSR count). The summed E-state index contributed by atoms with van der Waals surface area (Å²) in [6.07, 6.45) is 2.08. The molecule has 0 aromatic heterocycles. The van der Waals surface area contributed by atoms with Gasteiger partial charge in [-0.1, -0.05) is 0 Å². The number of rotatable bonds is 1. The molecule has 3 aliphatic rings. The van der Waals surface area contributed by atoms with E-state index in [2.05, 4.69) is 10.9 Å². The summed E-state index contributed by atoms with van der Waals surface area (Å²) < 4.78 is 0. The lowest BCUT2D eigenvalue weighted by atomic mass is 9.95. The van der Waals surface area contributed by atoms with E-state index < -0.39 is 0 Å². The van der Waals surface area contributed by atoms with Crippen molar-refractivity contribution in [3.63, 3.8) is 0 Å². The lowest BCUT2D eigenvalue weighted by Crippen LogP contribution is -2.30. The Balaban J connectivity index is 2.02. The predicted octanol–water partition coefficient (Wildman–Crippen LogP) is -0.651. The smallest absolute Gasteiger partial charge is 0.249 e. The van der Waals surface area contributed by atoms with Crippen LogP contribution in [-0.4, -0.2) is 18.5 Å². The minimum Gasteiger partial charge on any atom is -0.366 e. The van der Waals surface area contributed by atoms with Gasteiger partial charge >= 0.3 is 0 Å². The molecular weight excluding hydrogens is 166 g/mol. The molecule has 1 fully saturated rings. The zero-order valence-corrected chi connectivity index (χ0v) is 7.18. The third-order valence-electron chi connectivity index (χ3n) is 3.02. The fraction of sp³-hybridized carbons (Fsp3) is 0.444. The highest BCUT2D eigenvalue weighted by Crippen LogP contribution is 2.48. The standard InChI is InChI=1S/C9H11N3O/c10-9(13)8-4-1-2-6-5(7(4)8)3-11-12-6/h6,11-12H,1-3H2,(H2,10,13). The second-order valence-corrected chi connectivity index (χ2v) is 3.71. The number of fused-ring (bicyclic) bond motifs is 2. The normalized spacial score (nSPS) is 30.3. The molecule has 0 radical (unpaired) electrons. The van der Waals surface area contributed by atoms with Crippen LogP contribution >= 0.6 is 0 Å². The maximum atomic E-state index is 11.0. The van der Waals surface area contributed by atoms with Gasteiger partial charge in [0.2, 0.25) is 5.91 Å². The number of primary amides is 1. The summed E-state index contributed by atoms with van der Waals surface area (Å²) in [5.74, 6) is -0.259. The average Bonchev–Trinajstić information content (AvgIpc) is 2.66. The molecule has 0 aromatic carbocycles. The number of hydrazine groups is 1. The Hall–Kier alpha value is -1.13. The lowest BCUT2D eigenvalue weighted by Gasteiger charge is -2.14. The Morgan fingerprint density at radius 2 is 2.38 bits per heavy atom. The quantitative estimate of drug-likeness (QED) is 0.498. The van der Waals surface area contributed by atoms with Crippen LogP contribution in [0.5, 0.6) is 0 Å². The number of carbonyl (C=O) groups excluding carboxylic acids is 1. The average molecular weight is 177 g/mol. The van der Waals surface area contributed by atoms with Crippen LogP contribution in [0.25, 0.3) is 0 Å². The molecule has 0 saturated carbocycles. The molecule has 0 aromatic rings. The van der Waals surface area contributed by atoms with Gasteiger partial charge in [-0.3, -0.25) is 15.6 Å². The van der Waals surface area contributed by atoms with Crippen molar-refractivity contribution in [2.45, 2.75) is 18.9 Å². The molecule has 0 bridgehead atoms. The number of hydrogen-bond donors (Lipinski definition) is 3. The van der Waals surface area contributed by atoms with Crippen molar-refractivity contribution in [2.24, 2.45) is 5.73 Å². The SMILES string of the molecule is NC(=O)C1=C2CCC3NNCC3=C21. The van der Waals surface area contributed by atoms with Gasteiger partial charge in [-0.15, -0.1) is 0 Å². The molecule has 4 nitrogen and oxygen atoms in total. The van der Waals surface area contributed by atoms with Gasteiger partial charge < -0.3 is 5.73 Å². The second kappa shape index (κ2) is 2.21. The summed E-state index contributed by atoms with van der Waals surface area (Å²) in [6, 6.07) is 0.426. The van der Waals surface area contributed by atoms with Crippen molar-refractivity contribution >= 4 is 5.91 Å². The van der Waals surface area contributed by atoms with Crippen LogP contribution in [0.4, 0.5) is 0 Å². The minimum absolute atomic E-state index is 0.259. The van der Waals surface area contributed by atoms with Gasteiger partial charge in [0.1, 0.15) is 0 Å². The van der Waals surface area contributed by atoms with Gasteiger partial charge in [-0.25, -0.2) is 0 Å². The van der Waals surface area contributed by atoms with Crippen LogP contribution in [0.1, 0.15) is 12.8 Å². The molecule has 1 atom stereocenters. The lowest BCUT2D eigenvalue weighted by molar-refractivity contribution is -0.114. The Labute approximate surface area is 75.8 Å². The van der Waals surface area contributed by atoms with Crippen molar-refractivity contribution < 1.29 is 4.79 Å². The van der Waals surface area contributed by atoms with Gasteiger partial charge in [-0.05, 0) is 29.6 Å². The monoisotopic (exact) mass is 177 g/mol. The summed E-state index contributed by atoms with van der Waals surface area (Å²) in [5, 5.41) is 0. The highest BCUT2D eigenvalue weighted by atomic mass is 16.1. The topological polar surface area (TPSA) is 67.2 Å². The minimum atomic E-state index is -0.259. The summed E-state index contributed by atoms with van der Waals surface area (Å²) in [6.45, 7) is 0.848. The molecule has 2 aliphatic carbocycles. The Morgan fingerprint density at radius 1 is 1.54 bits per heavy atom. The van der Waals surface area contributed by atoms with E-state index in [-0.39, 0.29) is 5.91 Å². The Bertz CT molecular complexity index is 367. The van der Waals surface area contributed by atoms with Crippen molar-refractivity contribution in [1.29, 1.82) is 0 Å². The first-order chi connectivity index (χ1) is 6.29. The molecule has 1 heterocycles. The van der Waals surface area contributed by atoms with E-state index in [1.54, 1.807) is 0 Å². The van der Waals surface area contributed by atoms with E-state index >= 15 is 0 Å². The number of nitrogens with one attached hydrogen (secondary N) is 2. The molecule has 1 saturated heterocycles. The molecule has 13 heavy (non-hydrogen) atoms. The molecule has 4 heteroatoms. The van der Waals surface area contributed by atoms with Gasteiger partial charge in [0.15, 0.2) is 0 Å². The summed E-state index contributed by atoms with van der Waals surface area (Å²) in [5.41, 5.74) is 16.1. The first kappa shape index (κ1) is 7.29. The number of carbonyl (C=O) groups is 1. The molecule has 4 N–H and O–H groups in total. The first-order valence-corrected chi connectivity index (χ1v) is 4.54. The van der Waals surface area contributed by atoms with Crippen molar-refractivity contribution in [3.05, 3.63) is 22.3 Å². The maximum Gasteiger partial charge on any atom is 0.249 e. The maximum absolute atomic E-state index is 11.0. The van der Waals surface area contributed by atoms with E-state index in [1.807, 2.05) is 0 Å². The Kier molecular flexibility index (Phi) is 1.24. The van der Waals surface area contributed by atoms with Crippen LogP contribution < -0.4 is 16.6 Å². The van der Waals surface area contributed by atoms with E-state index in [0.29, 0.717) is 6.04 Å². The number of nitrogens with two attached hydrogens (primary N) is 1. The van der Waals surface area contributed by atoms with E-state index in [1.165, 1.54) is 16.7 Å². The third kappa shape index (κ3) is 0.842. The number of hydrogen-bond acceptors (Lipinski definition) is 3. The molecule has 68 valence electrons. The molecule has 0 spiro atoms. The Morgan fingerprint density at radius 3 is 3.15 bits per heavy atom. The second-order valence-electron chi connectivity index (χ2n) is 3.71. The summed E-state index contributed by atoms with van der Waals surface area (Å²) in [7, 11) is 0. The van der Waals surface area contributed by atoms with Crippen molar-refractivity contribution in [1.82, 2.24) is 10.9 Å². The fourth-order valence-electron chi connectivity index (χ4n) is 2.38. The largest absolute Gasteiger partial charge is 0.366 e. The van der Waals surface area contributed by atoms with Gasteiger partial charge in [0, 0.05) is 12.6 Å². The molecule has 1 amide bonds. The van der Waals surface area contributed by atoms with E-state index in [9.17, 15) is 4.79 Å².